The average molecular weight is 961 g/mol. The number of rotatable bonds is 0. The van der Waals surface area contributed by atoms with Crippen LogP contribution < -0.4 is 0 Å². The molecule has 4 rings (SSSR count). The van der Waals surface area contributed by atoms with E-state index in [4.69, 9.17) is 11.5 Å². The third kappa shape index (κ3) is 11.5. The number of nitrogens with one attached hydrogen (secondary N) is 2. The Balaban J connectivity index is -0.0000000457. The van der Waals surface area contributed by atoms with Crippen molar-refractivity contribution in [2.75, 3.05) is 0 Å². The maximum Gasteiger partial charge on any atom is 0 e. The van der Waals surface area contributed by atoms with Crippen LogP contribution in [-0.4, -0.2) is 12.1 Å². The maximum absolute atomic E-state index is 7.97. The fraction of sp³-hybridized carbons (Fsp3) is 0.692. The first-order valence-corrected chi connectivity index (χ1v) is 9.60. The zero-order chi connectivity index (χ0) is 15.8. The molecular formula is C26H52N2Pt2Y2-10. The van der Waals surface area contributed by atoms with Crippen LogP contribution in [0.2, 0.25) is 0 Å². The second-order valence-electron chi connectivity index (χ2n) is 8.53. The summed E-state index contributed by atoms with van der Waals surface area (Å²) in [5.74, 6) is 1.18. The molecule has 2 radical (unpaired) electrons. The standard InChI is InChI=1S/2C10H17N.6CH3.2Pt.2Y/c2*1-8-4-2-6-10(8)7-3-5-9(10)11;;;;;;;;;;/h2*8-9,11H,1-7H2;6*1H3;;;;/q2*-2;6*-1;;;;/t8-,9+,10-;8-,9-,10-;;;;;;;;;;/m10........../s1. The fourth-order valence-electron chi connectivity index (χ4n) is 6.11. The molecule has 202 valence electrons. The molecule has 0 saturated heterocycles. The summed E-state index contributed by atoms with van der Waals surface area (Å²) in [6.07, 6.45) is 15.2. The van der Waals surface area contributed by atoms with E-state index in [1.165, 1.54) is 64.2 Å². The molecule has 4 fully saturated rings. The predicted molar refractivity (Wildman–Crippen MR) is 133 cm³/mol. The van der Waals surface area contributed by atoms with Gasteiger partial charge >= 0.3 is 0 Å². The van der Waals surface area contributed by atoms with E-state index in [1.54, 1.807) is 0 Å². The van der Waals surface area contributed by atoms with Crippen molar-refractivity contribution in [3.05, 3.63) is 69.9 Å². The summed E-state index contributed by atoms with van der Waals surface area (Å²) < 4.78 is 0. The largest absolute Gasteiger partial charge is 0.674 e. The quantitative estimate of drug-likeness (QED) is 0.218. The fourth-order valence-corrected chi connectivity index (χ4v) is 6.11. The Morgan fingerprint density at radius 1 is 0.500 bits per heavy atom. The Labute approximate surface area is 285 Å². The minimum Gasteiger partial charge on any atom is -0.674 e. The van der Waals surface area contributed by atoms with Gasteiger partial charge in [0.25, 0.3) is 0 Å². The van der Waals surface area contributed by atoms with E-state index >= 15 is 0 Å². The predicted octanol–water partition coefficient (Wildman–Crippen LogP) is 9.12. The molecule has 0 amide bonds. The van der Waals surface area contributed by atoms with Gasteiger partial charge in [-0.05, 0) is 0 Å². The first-order chi connectivity index (χ1) is 10.5. The van der Waals surface area contributed by atoms with Gasteiger partial charge in [-0.25, -0.2) is 0 Å². The molecule has 2 spiro atoms. The monoisotopic (exact) mass is 960 g/mol. The summed E-state index contributed by atoms with van der Waals surface area (Å²) >= 11 is 0. The first-order valence-electron chi connectivity index (χ1n) is 9.60. The molecule has 4 aliphatic carbocycles. The van der Waals surface area contributed by atoms with Crippen molar-refractivity contribution >= 4 is 0 Å². The zero-order valence-corrected chi connectivity index (χ0v) is 32.2. The van der Waals surface area contributed by atoms with Gasteiger partial charge in [-0.1, -0.05) is 87.9 Å². The van der Waals surface area contributed by atoms with Crippen LogP contribution in [0, 0.1) is 81.1 Å². The normalized spacial score (nSPS) is 34.9. The van der Waals surface area contributed by atoms with Crippen molar-refractivity contribution in [2.24, 2.45) is 22.7 Å². The summed E-state index contributed by atoms with van der Waals surface area (Å²) in [5.41, 5.74) is 16.7. The van der Waals surface area contributed by atoms with E-state index in [2.05, 4.69) is 13.8 Å². The molecule has 0 aromatic carbocycles. The molecule has 0 unspecified atom stereocenters. The summed E-state index contributed by atoms with van der Waals surface area (Å²) in [6, 6.07) is 0.431. The van der Waals surface area contributed by atoms with E-state index in [0.29, 0.717) is 22.7 Å². The Hall–Kier alpha value is 3.50. The van der Waals surface area contributed by atoms with Crippen LogP contribution in [0.3, 0.4) is 0 Å². The minimum atomic E-state index is 0. The maximum atomic E-state index is 7.97. The second kappa shape index (κ2) is 24.8. The van der Waals surface area contributed by atoms with E-state index in [-0.39, 0.29) is 164 Å². The van der Waals surface area contributed by atoms with Crippen molar-refractivity contribution in [1.82, 2.24) is 0 Å². The number of hydrogen-bond donors (Lipinski definition) is 0. The summed E-state index contributed by atoms with van der Waals surface area (Å²) in [6.45, 7) is 8.41. The minimum absolute atomic E-state index is 0. The van der Waals surface area contributed by atoms with Gasteiger partial charge in [0.1, 0.15) is 0 Å². The van der Waals surface area contributed by atoms with E-state index in [1.807, 2.05) is 0 Å². The molecule has 0 aliphatic heterocycles. The molecule has 0 aromatic heterocycles. The number of hydrogen-bond acceptors (Lipinski definition) is 0. The van der Waals surface area contributed by atoms with Crippen LogP contribution >= 0.6 is 0 Å². The van der Waals surface area contributed by atoms with Crippen LogP contribution in [0.15, 0.2) is 0 Å². The molecule has 32 heavy (non-hydrogen) atoms. The van der Waals surface area contributed by atoms with Gasteiger partial charge in [0.15, 0.2) is 0 Å². The van der Waals surface area contributed by atoms with E-state index < -0.39 is 0 Å². The molecule has 2 nitrogen and oxygen atoms in total. The Morgan fingerprint density at radius 2 is 0.719 bits per heavy atom. The Morgan fingerprint density at radius 3 is 0.875 bits per heavy atom. The van der Waals surface area contributed by atoms with Crippen LogP contribution in [-0.2, 0) is 108 Å². The van der Waals surface area contributed by atoms with Gasteiger partial charge in [0.05, 0.1) is 0 Å². The van der Waals surface area contributed by atoms with Crippen LogP contribution in [0.1, 0.15) is 77.0 Å². The van der Waals surface area contributed by atoms with Crippen molar-refractivity contribution in [3.63, 3.8) is 0 Å². The van der Waals surface area contributed by atoms with Crippen molar-refractivity contribution in [2.45, 2.75) is 89.1 Å². The molecule has 6 atom stereocenters. The van der Waals surface area contributed by atoms with Gasteiger partial charge in [0.2, 0.25) is 0 Å². The molecule has 0 heterocycles. The summed E-state index contributed by atoms with van der Waals surface area (Å²) in [5, 5.41) is 0. The van der Waals surface area contributed by atoms with Crippen molar-refractivity contribution in [1.29, 1.82) is 0 Å². The smallest absolute Gasteiger partial charge is 0 e. The van der Waals surface area contributed by atoms with Crippen LogP contribution in [0.4, 0.5) is 0 Å². The van der Waals surface area contributed by atoms with Crippen LogP contribution in [0.5, 0.6) is 0 Å². The van der Waals surface area contributed by atoms with E-state index in [0.717, 1.165) is 12.8 Å². The second-order valence-corrected chi connectivity index (χ2v) is 8.53. The Bertz CT molecular complexity index is 328. The molecule has 6 heteroatoms. The zero-order valence-electron chi connectivity index (χ0n) is 22.0. The van der Waals surface area contributed by atoms with Gasteiger partial charge in [-0.3, -0.25) is 0 Å². The van der Waals surface area contributed by atoms with Gasteiger partial charge in [-0.2, -0.15) is 11.8 Å². The SMILES string of the molecule is [CH2-][C@@H]1CCC[C@@]12CCC[C@@H]2[NH-].[CH2-][C@H]1CCC[C@]12CCC[C@@H]2[NH-].[CH3-].[CH3-].[CH3-].[CH3-].[CH3-].[CH3-].[Pt].[Pt].[Y].[Y]. The van der Waals surface area contributed by atoms with Gasteiger partial charge < -0.3 is 69.9 Å². The summed E-state index contributed by atoms with van der Waals surface area (Å²) in [7, 11) is 0. The van der Waals surface area contributed by atoms with Crippen molar-refractivity contribution in [3.8, 4) is 0 Å². The van der Waals surface area contributed by atoms with Gasteiger partial charge in [-0.15, -0.1) is 12.1 Å². The molecule has 0 aromatic rings. The third-order valence-corrected chi connectivity index (χ3v) is 7.67. The molecule has 4 aliphatic rings. The topological polar surface area (TPSA) is 47.6 Å². The molecular weight excluding hydrogens is 908 g/mol. The molecule has 4 saturated carbocycles. The Kier molecular flexibility index (Phi) is 43.3. The van der Waals surface area contributed by atoms with E-state index in [9.17, 15) is 0 Å². The van der Waals surface area contributed by atoms with Crippen LogP contribution in [0.25, 0.3) is 11.5 Å². The molecule has 0 bridgehead atoms. The average Bonchev–Trinajstić information content (AvgIpc) is 3.22. The first kappa shape index (κ1) is 55.9. The van der Waals surface area contributed by atoms with Gasteiger partial charge in [0, 0.05) is 108 Å². The van der Waals surface area contributed by atoms with Crippen molar-refractivity contribution < 1.29 is 108 Å². The third-order valence-electron chi connectivity index (χ3n) is 7.67. The molecule has 2 N–H and O–H groups in total. The summed E-state index contributed by atoms with van der Waals surface area (Å²) in [4.78, 5) is 0.